The van der Waals surface area contributed by atoms with Gasteiger partial charge in [0.1, 0.15) is 0 Å². The number of unbranched alkanes of at least 4 members (excludes halogenated alkanes) is 13. The molecule has 0 saturated heterocycles. The molecule has 0 unspecified atom stereocenters. The van der Waals surface area contributed by atoms with Gasteiger partial charge in [-0.25, -0.2) is 21.6 Å². The zero-order valence-corrected chi connectivity index (χ0v) is 24.4. The van der Waals surface area contributed by atoms with Crippen molar-refractivity contribution >= 4 is 44.8 Å². The van der Waals surface area contributed by atoms with Gasteiger partial charge in [-0.3, -0.25) is 14.3 Å². The van der Waals surface area contributed by atoms with Crippen molar-refractivity contribution in [1.29, 1.82) is 0 Å². The van der Waals surface area contributed by atoms with Crippen molar-refractivity contribution in [3.8, 4) is 0 Å². The number of benzene rings is 1. The fourth-order valence-corrected chi connectivity index (χ4v) is 6.30. The van der Waals surface area contributed by atoms with Gasteiger partial charge in [0.25, 0.3) is 0 Å². The van der Waals surface area contributed by atoms with Crippen LogP contribution in [0.15, 0.2) is 29.2 Å². The molecule has 1 aromatic rings. The van der Waals surface area contributed by atoms with Crippen molar-refractivity contribution in [3.63, 3.8) is 0 Å². The molecule has 0 aliphatic heterocycles. The first-order valence-corrected chi connectivity index (χ1v) is 17.0. The summed E-state index contributed by atoms with van der Waals surface area (Å²) in [5, 5.41) is 18.4. The Morgan fingerprint density at radius 3 is 1.87 bits per heavy atom. The van der Waals surface area contributed by atoms with Crippen LogP contribution in [0, 0.1) is 0 Å². The van der Waals surface area contributed by atoms with Crippen molar-refractivity contribution in [2.24, 2.45) is 0 Å². The normalized spacial score (nSPS) is 11.8. The molecule has 1 aromatic carbocycles. The monoisotopic (exact) mass is 587 g/mol. The highest BCUT2D eigenvalue weighted by molar-refractivity contribution is 7.90. The van der Waals surface area contributed by atoms with Crippen molar-refractivity contribution in [3.05, 3.63) is 24.3 Å². The number of carbonyl (C=O) groups excluding carboxylic acids is 2. The zero-order chi connectivity index (χ0) is 29.0. The first-order valence-electron chi connectivity index (χ1n) is 13.9. The van der Waals surface area contributed by atoms with Crippen LogP contribution in [0.2, 0.25) is 0 Å². The quantitative estimate of drug-likeness (QED) is 0.106. The molecule has 0 fully saturated rings. The number of sulfonamides is 2. The third kappa shape index (κ3) is 17.5. The van der Waals surface area contributed by atoms with E-state index in [1.54, 1.807) is 6.29 Å². The van der Waals surface area contributed by atoms with Crippen LogP contribution in [0.4, 0.5) is 0 Å². The molecule has 1 rings (SSSR count). The number of hydrogen-bond acceptors (Lipinski definition) is 8. The van der Waals surface area contributed by atoms with Gasteiger partial charge in [-0.15, -0.1) is 0 Å². The molecule has 13 heteroatoms. The minimum absolute atomic E-state index is 0.0203. The number of hydrogen-bond donors (Lipinski definition) is 4. The number of carbonyl (C=O) groups is 1. The fraction of sp³-hybridized carbons (Fsp3) is 0.692. The molecule has 0 heterocycles. The van der Waals surface area contributed by atoms with E-state index in [1.807, 2.05) is 4.72 Å². The SMILES string of the molecule is O=[C]CCCS(=O)(=O)NC(=O)CCCCCCCCCCCCCCCNS(=O)(=O)c1cccc(B(O)O)c1. The number of nitrogens with one attached hydrogen (secondary N) is 2. The smallest absolute Gasteiger partial charge is 0.423 e. The van der Waals surface area contributed by atoms with Gasteiger partial charge in [0, 0.05) is 19.4 Å². The summed E-state index contributed by atoms with van der Waals surface area (Å²) in [4.78, 5) is 21.9. The van der Waals surface area contributed by atoms with E-state index in [2.05, 4.69) is 4.72 Å². The Labute approximate surface area is 234 Å². The summed E-state index contributed by atoms with van der Waals surface area (Å²) < 4.78 is 52.6. The highest BCUT2D eigenvalue weighted by Crippen LogP contribution is 2.13. The maximum atomic E-state index is 12.3. The third-order valence-electron chi connectivity index (χ3n) is 6.30. The zero-order valence-electron chi connectivity index (χ0n) is 22.8. The molecular formula is C26H44BN2O8S2. The van der Waals surface area contributed by atoms with Gasteiger partial charge < -0.3 is 10.0 Å². The summed E-state index contributed by atoms with van der Waals surface area (Å²) >= 11 is 0. The maximum absolute atomic E-state index is 12.3. The molecular weight excluding hydrogens is 543 g/mol. The summed E-state index contributed by atoms with van der Waals surface area (Å²) in [6, 6.07) is 5.62. The Kier molecular flexibility index (Phi) is 18.2. The molecule has 0 saturated carbocycles. The van der Waals surface area contributed by atoms with Gasteiger partial charge in [-0.1, -0.05) is 82.8 Å². The highest BCUT2D eigenvalue weighted by Gasteiger charge is 2.17. The van der Waals surface area contributed by atoms with Gasteiger partial charge in [0.2, 0.25) is 26.0 Å². The Morgan fingerprint density at radius 1 is 0.795 bits per heavy atom. The summed E-state index contributed by atoms with van der Waals surface area (Å²) in [7, 11) is -9.04. The van der Waals surface area contributed by atoms with Crippen LogP contribution >= 0.6 is 0 Å². The Morgan fingerprint density at radius 2 is 1.33 bits per heavy atom. The molecule has 39 heavy (non-hydrogen) atoms. The van der Waals surface area contributed by atoms with E-state index in [4.69, 9.17) is 0 Å². The van der Waals surface area contributed by atoms with Crippen LogP contribution in [-0.4, -0.2) is 58.5 Å². The van der Waals surface area contributed by atoms with E-state index in [1.165, 1.54) is 43.5 Å². The first-order chi connectivity index (χ1) is 18.6. The van der Waals surface area contributed by atoms with Crippen LogP contribution in [-0.2, 0) is 29.6 Å². The number of amides is 1. The van der Waals surface area contributed by atoms with E-state index in [0.29, 0.717) is 13.0 Å². The average Bonchev–Trinajstić information content (AvgIpc) is 2.88. The average molecular weight is 588 g/mol. The van der Waals surface area contributed by atoms with Crippen LogP contribution in [0.3, 0.4) is 0 Å². The second kappa shape index (κ2) is 20.1. The van der Waals surface area contributed by atoms with Crippen molar-refractivity contribution in [2.45, 2.75) is 108 Å². The molecule has 1 radical (unpaired) electrons. The molecule has 0 aliphatic rings. The highest BCUT2D eigenvalue weighted by atomic mass is 32.2. The molecule has 0 bridgehead atoms. The minimum atomic E-state index is -3.67. The molecule has 0 atom stereocenters. The van der Waals surface area contributed by atoms with Crippen LogP contribution in [0.25, 0.3) is 0 Å². The summed E-state index contributed by atoms with van der Waals surface area (Å²) in [6.07, 6.45) is 15.4. The van der Waals surface area contributed by atoms with Gasteiger partial charge in [-0.2, -0.15) is 0 Å². The van der Waals surface area contributed by atoms with E-state index >= 15 is 0 Å². The summed E-state index contributed by atoms with van der Waals surface area (Å²) in [5.74, 6) is -0.730. The minimum Gasteiger partial charge on any atom is -0.423 e. The lowest BCUT2D eigenvalue weighted by molar-refractivity contribution is -0.119. The molecule has 221 valence electrons. The predicted octanol–water partition coefficient (Wildman–Crippen LogP) is 2.44. The number of rotatable bonds is 24. The predicted molar refractivity (Wildman–Crippen MR) is 153 cm³/mol. The van der Waals surface area contributed by atoms with Crippen LogP contribution < -0.4 is 14.9 Å². The first kappa shape index (κ1) is 35.2. The third-order valence-corrected chi connectivity index (χ3v) is 9.12. The summed E-state index contributed by atoms with van der Waals surface area (Å²) in [5.41, 5.74) is 0.134. The van der Waals surface area contributed by atoms with Crippen LogP contribution in [0.1, 0.15) is 103 Å². The lowest BCUT2D eigenvalue weighted by Crippen LogP contribution is -2.32. The van der Waals surface area contributed by atoms with Gasteiger partial charge in [-0.05, 0) is 36.9 Å². The maximum Gasteiger partial charge on any atom is 0.488 e. The topological polar surface area (TPSA) is 167 Å². The van der Waals surface area contributed by atoms with Gasteiger partial charge >= 0.3 is 7.12 Å². The Balaban J connectivity index is 1.94. The second-order valence-corrected chi connectivity index (χ2v) is 13.4. The molecule has 1 amide bonds. The van der Waals surface area contributed by atoms with E-state index < -0.39 is 33.1 Å². The second-order valence-electron chi connectivity index (χ2n) is 9.78. The molecule has 0 spiro atoms. The van der Waals surface area contributed by atoms with Crippen LogP contribution in [0.5, 0.6) is 0 Å². The standard InChI is InChI=1S/C26H44BN2O8S2/c30-21-14-15-22-38(34,35)29-26(31)19-12-10-8-6-4-2-1-3-5-7-9-11-13-20-28-39(36,37)25-18-16-17-24(23-25)27(32)33/h16-18,23,28,32-33H,1-15,19-20,22H2,(H,29,31). The van der Waals surface area contributed by atoms with E-state index in [-0.39, 0.29) is 35.4 Å². The van der Waals surface area contributed by atoms with Gasteiger partial charge in [0.05, 0.1) is 10.6 Å². The van der Waals surface area contributed by atoms with Gasteiger partial charge in [0.15, 0.2) is 6.29 Å². The molecule has 0 aliphatic carbocycles. The fourth-order valence-electron chi connectivity index (χ4n) is 4.10. The summed E-state index contributed by atoms with van der Waals surface area (Å²) in [6.45, 7) is 0.347. The molecule has 4 N–H and O–H groups in total. The van der Waals surface area contributed by atoms with Crippen molar-refractivity contribution in [1.82, 2.24) is 9.44 Å². The molecule has 0 aromatic heterocycles. The Bertz CT molecular complexity index is 1050. The lowest BCUT2D eigenvalue weighted by atomic mass is 9.81. The van der Waals surface area contributed by atoms with Crippen molar-refractivity contribution in [2.75, 3.05) is 12.3 Å². The Hall–Kier alpha value is -1.80. The van der Waals surface area contributed by atoms with E-state index in [9.17, 15) is 36.5 Å². The lowest BCUT2D eigenvalue weighted by Gasteiger charge is -2.08. The van der Waals surface area contributed by atoms with Crippen molar-refractivity contribution < 1.29 is 36.5 Å². The molecule has 10 nitrogen and oxygen atoms in total. The van der Waals surface area contributed by atoms with E-state index in [0.717, 1.165) is 57.8 Å². The largest absolute Gasteiger partial charge is 0.488 e.